The molecule has 0 aliphatic rings. The highest BCUT2D eigenvalue weighted by atomic mass is 16.5. The van der Waals surface area contributed by atoms with Gasteiger partial charge in [-0.3, -0.25) is 4.79 Å². The van der Waals surface area contributed by atoms with Crippen molar-refractivity contribution in [2.45, 2.75) is 6.92 Å². The maximum atomic E-state index is 12.3. The van der Waals surface area contributed by atoms with Crippen molar-refractivity contribution in [2.24, 2.45) is 0 Å². The van der Waals surface area contributed by atoms with Crippen LogP contribution in [0.2, 0.25) is 0 Å². The Hall–Kier alpha value is -2.55. The molecule has 0 aliphatic carbocycles. The Bertz CT molecular complexity index is 660. The van der Waals surface area contributed by atoms with Crippen molar-refractivity contribution in [3.05, 3.63) is 71.9 Å². The largest absolute Gasteiger partial charge is 0.456 e. The second kappa shape index (κ2) is 6.75. The molecule has 108 valence electrons. The van der Waals surface area contributed by atoms with Gasteiger partial charge in [-0.2, -0.15) is 0 Å². The van der Waals surface area contributed by atoms with Gasteiger partial charge in [0.15, 0.2) is 5.78 Å². The van der Waals surface area contributed by atoms with E-state index in [1.165, 1.54) is 0 Å². The normalized spacial score (nSPS) is 10.6. The van der Waals surface area contributed by atoms with Gasteiger partial charge in [-0.25, -0.2) is 0 Å². The molecule has 2 aromatic rings. The summed E-state index contributed by atoms with van der Waals surface area (Å²) in [5.41, 5.74) is 1.59. The van der Waals surface area contributed by atoms with Gasteiger partial charge >= 0.3 is 0 Å². The highest BCUT2D eigenvalue weighted by molar-refractivity contribution is 6.06. The molecule has 0 radical (unpaired) electrons. The zero-order valence-electron chi connectivity index (χ0n) is 12.5. The summed E-state index contributed by atoms with van der Waals surface area (Å²) in [7, 11) is 3.75. The average molecular weight is 281 g/mol. The minimum atomic E-state index is -0.0760. The van der Waals surface area contributed by atoms with E-state index in [0.29, 0.717) is 11.3 Å². The van der Waals surface area contributed by atoms with Crippen molar-refractivity contribution in [1.82, 2.24) is 4.90 Å². The molecule has 0 fully saturated rings. The van der Waals surface area contributed by atoms with E-state index in [2.05, 4.69) is 0 Å². The number of allylic oxidation sites excluding steroid dienone is 1. The molecule has 0 unspecified atom stereocenters. The lowest BCUT2D eigenvalue weighted by atomic mass is 10.1. The maximum absolute atomic E-state index is 12.3. The Morgan fingerprint density at radius 2 is 1.62 bits per heavy atom. The first-order valence-electron chi connectivity index (χ1n) is 6.79. The number of aryl methyl sites for hydroxylation is 1. The summed E-state index contributed by atoms with van der Waals surface area (Å²) in [6, 6.07) is 15.0. The molecule has 3 nitrogen and oxygen atoms in total. The SMILES string of the molecule is Cc1ccccc1Oc1ccccc1C(=O)/C=C/N(C)C. The van der Waals surface area contributed by atoms with E-state index in [9.17, 15) is 4.79 Å². The number of para-hydroxylation sites is 2. The molecule has 21 heavy (non-hydrogen) atoms. The number of rotatable bonds is 5. The average Bonchev–Trinajstić information content (AvgIpc) is 2.47. The van der Waals surface area contributed by atoms with E-state index < -0.39 is 0 Å². The van der Waals surface area contributed by atoms with Gasteiger partial charge in [0.05, 0.1) is 5.56 Å². The topological polar surface area (TPSA) is 29.5 Å². The number of nitrogens with zero attached hydrogens (tertiary/aromatic N) is 1. The van der Waals surface area contributed by atoms with Gasteiger partial charge in [0, 0.05) is 26.4 Å². The summed E-state index contributed by atoms with van der Waals surface area (Å²) < 4.78 is 5.90. The fourth-order valence-electron chi connectivity index (χ4n) is 1.86. The van der Waals surface area contributed by atoms with Gasteiger partial charge in [0.25, 0.3) is 0 Å². The van der Waals surface area contributed by atoms with Gasteiger partial charge in [-0.05, 0) is 30.7 Å². The zero-order valence-corrected chi connectivity index (χ0v) is 12.5. The predicted molar refractivity (Wildman–Crippen MR) is 84.9 cm³/mol. The lowest BCUT2D eigenvalue weighted by molar-refractivity contribution is 0.104. The summed E-state index contributed by atoms with van der Waals surface area (Å²) >= 11 is 0. The molecule has 0 saturated carbocycles. The minimum Gasteiger partial charge on any atom is -0.456 e. The third-order valence-corrected chi connectivity index (χ3v) is 2.99. The molecule has 0 aromatic heterocycles. The Morgan fingerprint density at radius 1 is 1.00 bits per heavy atom. The molecule has 3 heteroatoms. The van der Waals surface area contributed by atoms with Gasteiger partial charge in [-0.1, -0.05) is 30.3 Å². The van der Waals surface area contributed by atoms with Gasteiger partial charge in [-0.15, -0.1) is 0 Å². The molecular formula is C18H19NO2. The number of ketones is 1. The summed E-state index contributed by atoms with van der Waals surface area (Å²) in [6.07, 6.45) is 3.27. The molecule has 2 rings (SSSR count). The van der Waals surface area contributed by atoms with E-state index in [4.69, 9.17) is 4.74 Å². The van der Waals surface area contributed by atoms with Crippen molar-refractivity contribution < 1.29 is 9.53 Å². The fraction of sp³-hybridized carbons (Fsp3) is 0.167. The van der Waals surface area contributed by atoms with Crippen LogP contribution in [-0.2, 0) is 0 Å². The van der Waals surface area contributed by atoms with E-state index >= 15 is 0 Å². The Balaban J connectivity index is 2.29. The zero-order chi connectivity index (χ0) is 15.2. The number of hydrogen-bond donors (Lipinski definition) is 0. The second-order valence-corrected chi connectivity index (χ2v) is 5.01. The standard InChI is InChI=1S/C18H19NO2/c1-14-8-4-6-10-17(14)21-18-11-7-5-9-15(18)16(20)12-13-19(2)3/h4-13H,1-3H3/b13-12+. The molecule has 0 spiro atoms. The number of benzene rings is 2. The highest BCUT2D eigenvalue weighted by Crippen LogP contribution is 2.28. The monoisotopic (exact) mass is 281 g/mol. The molecule has 0 aliphatic heterocycles. The molecule has 0 bridgehead atoms. The molecule has 2 aromatic carbocycles. The van der Waals surface area contributed by atoms with Crippen LogP contribution in [-0.4, -0.2) is 24.8 Å². The van der Waals surface area contributed by atoms with Crippen LogP contribution in [0.25, 0.3) is 0 Å². The second-order valence-electron chi connectivity index (χ2n) is 5.01. The van der Waals surface area contributed by atoms with Crippen LogP contribution in [0, 0.1) is 6.92 Å². The number of carbonyl (C=O) groups is 1. The lowest BCUT2D eigenvalue weighted by Crippen LogP contribution is -2.04. The van der Waals surface area contributed by atoms with Gasteiger partial charge in [0.2, 0.25) is 0 Å². The third kappa shape index (κ3) is 3.96. The van der Waals surface area contributed by atoms with E-state index in [-0.39, 0.29) is 5.78 Å². The molecule has 0 N–H and O–H groups in total. The number of carbonyl (C=O) groups excluding carboxylic acids is 1. The summed E-state index contributed by atoms with van der Waals surface area (Å²) in [5, 5.41) is 0. The lowest BCUT2D eigenvalue weighted by Gasteiger charge is -2.11. The van der Waals surface area contributed by atoms with Crippen LogP contribution in [0.5, 0.6) is 11.5 Å². The van der Waals surface area contributed by atoms with Crippen molar-refractivity contribution in [3.8, 4) is 11.5 Å². The van der Waals surface area contributed by atoms with Crippen molar-refractivity contribution in [1.29, 1.82) is 0 Å². The van der Waals surface area contributed by atoms with Crippen LogP contribution in [0.4, 0.5) is 0 Å². The minimum absolute atomic E-state index is 0.0760. The number of ether oxygens (including phenoxy) is 1. The van der Waals surface area contributed by atoms with Crippen LogP contribution < -0.4 is 4.74 Å². The molecule has 0 heterocycles. The predicted octanol–water partition coefficient (Wildman–Crippen LogP) is 4.05. The van der Waals surface area contributed by atoms with E-state index in [1.807, 2.05) is 68.4 Å². The molecule has 0 saturated heterocycles. The maximum Gasteiger partial charge on any atom is 0.191 e. The van der Waals surface area contributed by atoms with Crippen molar-refractivity contribution >= 4 is 5.78 Å². The fourth-order valence-corrected chi connectivity index (χ4v) is 1.86. The van der Waals surface area contributed by atoms with Gasteiger partial charge in [0.1, 0.15) is 11.5 Å². The smallest absolute Gasteiger partial charge is 0.191 e. The third-order valence-electron chi connectivity index (χ3n) is 2.99. The van der Waals surface area contributed by atoms with Crippen molar-refractivity contribution in [3.63, 3.8) is 0 Å². The first-order chi connectivity index (χ1) is 10.1. The molecular weight excluding hydrogens is 262 g/mol. The summed E-state index contributed by atoms with van der Waals surface area (Å²) in [5.74, 6) is 1.25. The molecule has 0 amide bonds. The Kier molecular flexibility index (Phi) is 4.77. The van der Waals surface area contributed by atoms with E-state index in [0.717, 1.165) is 11.3 Å². The van der Waals surface area contributed by atoms with Crippen LogP contribution in [0.3, 0.4) is 0 Å². The summed E-state index contributed by atoms with van der Waals surface area (Å²) in [4.78, 5) is 14.1. The first kappa shape index (κ1) is 14.9. The summed E-state index contributed by atoms with van der Waals surface area (Å²) in [6.45, 7) is 1.98. The van der Waals surface area contributed by atoms with Gasteiger partial charge < -0.3 is 9.64 Å². The van der Waals surface area contributed by atoms with Crippen LogP contribution in [0.15, 0.2) is 60.8 Å². The van der Waals surface area contributed by atoms with Crippen molar-refractivity contribution in [2.75, 3.05) is 14.1 Å². The Labute approximate surface area is 125 Å². The highest BCUT2D eigenvalue weighted by Gasteiger charge is 2.11. The number of hydrogen-bond acceptors (Lipinski definition) is 3. The quantitative estimate of drug-likeness (QED) is 0.612. The van der Waals surface area contributed by atoms with E-state index in [1.54, 1.807) is 18.3 Å². The van der Waals surface area contributed by atoms with Crippen LogP contribution >= 0.6 is 0 Å². The first-order valence-corrected chi connectivity index (χ1v) is 6.79. The molecule has 0 atom stereocenters. The van der Waals surface area contributed by atoms with Crippen LogP contribution in [0.1, 0.15) is 15.9 Å². The Morgan fingerprint density at radius 3 is 2.29 bits per heavy atom.